The lowest BCUT2D eigenvalue weighted by Crippen LogP contribution is -2.35. The van der Waals surface area contributed by atoms with E-state index in [0.717, 1.165) is 18.7 Å². The van der Waals surface area contributed by atoms with Gasteiger partial charge in [-0.15, -0.1) is 0 Å². The van der Waals surface area contributed by atoms with Gasteiger partial charge in [-0.25, -0.2) is 5.43 Å². The molecule has 6 heteroatoms. The number of hydrogen-bond acceptors (Lipinski definition) is 5. The number of amides is 1. The standard InChI is InChI=1S/C15H23N3O3/c1-5-18(6-2)11-15(19)17-16-10-12-7-8-13(20-3)14(9-12)21-4/h7-10H,5-6,11H2,1-4H3,(H,17,19)/b16-10-. The number of rotatable bonds is 8. The van der Waals surface area contributed by atoms with Gasteiger partial charge in [-0.2, -0.15) is 5.10 Å². The van der Waals surface area contributed by atoms with Crippen LogP contribution in [-0.4, -0.2) is 50.9 Å². The summed E-state index contributed by atoms with van der Waals surface area (Å²) >= 11 is 0. The van der Waals surface area contributed by atoms with Crippen molar-refractivity contribution in [2.24, 2.45) is 5.10 Å². The molecule has 1 N–H and O–H groups in total. The molecule has 1 rings (SSSR count). The summed E-state index contributed by atoms with van der Waals surface area (Å²) < 4.78 is 10.4. The summed E-state index contributed by atoms with van der Waals surface area (Å²) in [5.74, 6) is 1.14. The molecule has 0 radical (unpaired) electrons. The molecule has 0 aliphatic heterocycles. The Labute approximate surface area is 125 Å². The predicted molar refractivity (Wildman–Crippen MR) is 83.1 cm³/mol. The van der Waals surface area contributed by atoms with Crippen LogP contribution in [0.1, 0.15) is 19.4 Å². The lowest BCUT2D eigenvalue weighted by molar-refractivity contribution is -0.122. The molecule has 21 heavy (non-hydrogen) atoms. The number of ether oxygens (including phenoxy) is 2. The minimum atomic E-state index is -0.129. The third-order valence-corrected chi connectivity index (χ3v) is 3.07. The molecule has 1 aromatic rings. The topological polar surface area (TPSA) is 63.2 Å². The third-order valence-electron chi connectivity index (χ3n) is 3.07. The van der Waals surface area contributed by atoms with Gasteiger partial charge in [0.15, 0.2) is 11.5 Å². The molecular formula is C15H23N3O3. The molecule has 0 bridgehead atoms. The van der Waals surface area contributed by atoms with Gasteiger partial charge in [-0.05, 0) is 36.9 Å². The lowest BCUT2D eigenvalue weighted by Gasteiger charge is -2.15. The van der Waals surface area contributed by atoms with E-state index in [1.807, 2.05) is 24.8 Å². The second-order valence-corrected chi connectivity index (χ2v) is 4.37. The molecule has 1 aromatic carbocycles. The first-order valence-corrected chi connectivity index (χ1v) is 6.90. The minimum Gasteiger partial charge on any atom is -0.493 e. The zero-order valence-electron chi connectivity index (χ0n) is 13.0. The highest BCUT2D eigenvalue weighted by molar-refractivity contribution is 5.83. The van der Waals surface area contributed by atoms with Crippen LogP contribution in [0.4, 0.5) is 0 Å². The number of methoxy groups -OCH3 is 2. The summed E-state index contributed by atoms with van der Waals surface area (Å²) in [6.45, 7) is 6.05. The van der Waals surface area contributed by atoms with Crippen LogP contribution in [0.25, 0.3) is 0 Å². The summed E-state index contributed by atoms with van der Waals surface area (Å²) in [5, 5.41) is 3.95. The van der Waals surface area contributed by atoms with Crippen LogP contribution >= 0.6 is 0 Å². The minimum absolute atomic E-state index is 0.129. The van der Waals surface area contributed by atoms with Gasteiger partial charge in [0.2, 0.25) is 0 Å². The van der Waals surface area contributed by atoms with Gasteiger partial charge in [0.05, 0.1) is 27.0 Å². The van der Waals surface area contributed by atoms with Gasteiger partial charge in [0.25, 0.3) is 5.91 Å². The van der Waals surface area contributed by atoms with E-state index < -0.39 is 0 Å². The molecule has 0 aromatic heterocycles. The Morgan fingerprint density at radius 1 is 1.24 bits per heavy atom. The highest BCUT2D eigenvalue weighted by Crippen LogP contribution is 2.26. The Hall–Kier alpha value is -2.08. The fraction of sp³-hybridized carbons (Fsp3) is 0.467. The number of nitrogens with one attached hydrogen (secondary N) is 1. The van der Waals surface area contributed by atoms with Crippen molar-refractivity contribution in [2.45, 2.75) is 13.8 Å². The fourth-order valence-electron chi connectivity index (χ4n) is 1.80. The number of hydrazone groups is 1. The SMILES string of the molecule is CCN(CC)CC(=O)N/N=C\c1ccc(OC)c(OC)c1. The average Bonchev–Trinajstić information content (AvgIpc) is 2.52. The van der Waals surface area contributed by atoms with Crippen LogP contribution in [-0.2, 0) is 4.79 Å². The Morgan fingerprint density at radius 3 is 2.48 bits per heavy atom. The first kappa shape index (κ1) is 17.0. The van der Waals surface area contributed by atoms with Crippen LogP contribution < -0.4 is 14.9 Å². The van der Waals surface area contributed by atoms with Crippen molar-refractivity contribution in [3.63, 3.8) is 0 Å². The molecule has 0 atom stereocenters. The van der Waals surface area contributed by atoms with Gasteiger partial charge >= 0.3 is 0 Å². The lowest BCUT2D eigenvalue weighted by atomic mass is 10.2. The van der Waals surface area contributed by atoms with Gasteiger partial charge in [0, 0.05) is 0 Å². The van der Waals surface area contributed by atoms with Crippen molar-refractivity contribution < 1.29 is 14.3 Å². The number of likely N-dealkylation sites (N-methyl/N-ethyl adjacent to an activating group) is 1. The predicted octanol–water partition coefficient (Wildman–Crippen LogP) is 1.50. The van der Waals surface area contributed by atoms with E-state index in [-0.39, 0.29) is 5.91 Å². The zero-order chi connectivity index (χ0) is 15.7. The summed E-state index contributed by atoms with van der Waals surface area (Å²) in [7, 11) is 3.16. The van der Waals surface area contributed by atoms with Gasteiger partial charge in [-0.1, -0.05) is 13.8 Å². The molecule has 0 aliphatic carbocycles. The average molecular weight is 293 g/mol. The quantitative estimate of drug-likeness (QED) is 0.583. The van der Waals surface area contributed by atoms with E-state index >= 15 is 0 Å². The largest absolute Gasteiger partial charge is 0.493 e. The van der Waals surface area contributed by atoms with E-state index in [1.165, 1.54) is 0 Å². The zero-order valence-corrected chi connectivity index (χ0v) is 13.0. The fourth-order valence-corrected chi connectivity index (χ4v) is 1.80. The van der Waals surface area contributed by atoms with Crippen LogP contribution in [0, 0.1) is 0 Å². The van der Waals surface area contributed by atoms with Crippen molar-refractivity contribution >= 4 is 12.1 Å². The first-order chi connectivity index (χ1) is 10.1. The Kier molecular flexibility index (Phi) is 7.25. The number of hydrogen-bond donors (Lipinski definition) is 1. The number of benzene rings is 1. The van der Waals surface area contributed by atoms with E-state index in [2.05, 4.69) is 10.5 Å². The molecule has 0 fully saturated rings. The first-order valence-electron chi connectivity index (χ1n) is 6.90. The summed E-state index contributed by atoms with van der Waals surface area (Å²) in [6.07, 6.45) is 1.57. The van der Waals surface area contributed by atoms with Crippen molar-refractivity contribution in [3.05, 3.63) is 23.8 Å². The van der Waals surface area contributed by atoms with Crippen LogP contribution in [0.2, 0.25) is 0 Å². The number of nitrogens with zero attached hydrogens (tertiary/aromatic N) is 2. The highest BCUT2D eigenvalue weighted by Gasteiger charge is 2.06. The smallest absolute Gasteiger partial charge is 0.254 e. The Bertz CT molecular complexity index is 485. The van der Waals surface area contributed by atoms with E-state index in [0.29, 0.717) is 18.0 Å². The monoisotopic (exact) mass is 293 g/mol. The summed E-state index contributed by atoms with van der Waals surface area (Å²) in [6, 6.07) is 5.41. The van der Waals surface area contributed by atoms with Gasteiger partial charge in [0.1, 0.15) is 0 Å². The van der Waals surface area contributed by atoms with Gasteiger partial charge < -0.3 is 9.47 Å². The molecule has 116 valence electrons. The normalized spacial score (nSPS) is 10.9. The van der Waals surface area contributed by atoms with Crippen molar-refractivity contribution in [3.8, 4) is 11.5 Å². The maximum absolute atomic E-state index is 11.7. The van der Waals surface area contributed by atoms with Crippen LogP contribution in [0.3, 0.4) is 0 Å². The van der Waals surface area contributed by atoms with Gasteiger partial charge in [-0.3, -0.25) is 9.69 Å². The van der Waals surface area contributed by atoms with Crippen molar-refractivity contribution in [2.75, 3.05) is 33.9 Å². The Morgan fingerprint density at radius 2 is 1.90 bits per heavy atom. The number of carbonyl (C=O) groups is 1. The molecule has 0 aliphatic rings. The number of carbonyl (C=O) groups excluding carboxylic acids is 1. The molecule has 0 saturated carbocycles. The molecule has 0 spiro atoms. The molecular weight excluding hydrogens is 270 g/mol. The van der Waals surface area contributed by atoms with E-state index in [9.17, 15) is 4.79 Å². The molecule has 0 saturated heterocycles. The van der Waals surface area contributed by atoms with Crippen molar-refractivity contribution in [1.82, 2.24) is 10.3 Å². The third kappa shape index (κ3) is 5.43. The summed E-state index contributed by atoms with van der Waals surface area (Å²) in [5.41, 5.74) is 3.33. The molecule has 0 unspecified atom stereocenters. The Balaban J connectivity index is 2.59. The van der Waals surface area contributed by atoms with Crippen molar-refractivity contribution in [1.29, 1.82) is 0 Å². The second kappa shape index (κ2) is 8.97. The highest BCUT2D eigenvalue weighted by atomic mass is 16.5. The van der Waals surface area contributed by atoms with Crippen LogP contribution in [0.15, 0.2) is 23.3 Å². The maximum Gasteiger partial charge on any atom is 0.254 e. The van der Waals surface area contributed by atoms with E-state index in [1.54, 1.807) is 32.6 Å². The molecule has 6 nitrogen and oxygen atoms in total. The van der Waals surface area contributed by atoms with E-state index in [4.69, 9.17) is 9.47 Å². The molecule has 0 heterocycles. The molecule has 1 amide bonds. The summed E-state index contributed by atoms with van der Waals surface area (Å²) in [4.78, 5) is 13.7. The second-order valence-electron chi connectivity index (χ2n) is 4.37. The van der Waals surface area contributed by atoms with Crippen LogP contribution in [0.5, 0.6) is 11.5 Å². The maximum atomic E-state index is 11.7.